The van der Waals surface area contributed by atoms with E-state index in [0.717, 1.165) is 5.82 Å². The molecule has 0 spiro atoms. The number of hydrogen-bond acceptors (Lipinski definition) is 1. The summed E-state index contributed by atoms with van der Waals surface area (Å²) in [5.41, 5.74) is 0. The second kappa shape index (κ2) is 2.02. The Kier molecular flexibility index (Phi) is 1.07. The highest BCUT2D eigenvalue weighted by molar-refractivity contribution is 5.49. The van der Waals surface area contributed by atoms with Crippen molar-refractivity contribution >= 4 is 5.82 Å². The molecule has 1 aromatic heterocycles. The molecular formula is C7H6N3. The van der Waals surface area contributed by atoms with Gasteiger partial charge in [-0.1, -0.05) is 0 Å². The lowest BCUT2D eigenvalue weighted by Gasteiger charge is -1.97. The van der Waals surface area contributed by atoms with E-state index >= 15 is 0 Å². The Morgan fingerprint density at radius 3 is 3.00 bits per heavy atom. The minimum Gasteiger partial charge on any atom is -0.237 e. The van der Waals surface area contributed by atoms with Gasteiger partial charge in [0.05, 0.1) is 0 Å². The molecule has 0 amide bonds. The van der Waals surface area contributed by atoms with E-state index in [0.29, 0.717) is 0 Å². The van der Waals surface area contributed by atoms with E-state index < -0.39 is 0 Å². The second-order valence-corrected chi connectivity index (χ2v) is 1.95. The molecule has 0 aliphatic carbocycles. The molecule has 1 aromatic rings. The fourth-order valence-electron chi connectivity index (χ4n) is 0.831. The van der Waals surface area contributed by atoms with E-state index in [1.807, 2.05) is 24.4 Å². The summed E-state index contributed by atoms with van der Waals surface area (Å²) in [5, 5.41) is 8.07. The Morgan fingerprint density at radius 1 is 1.40 bits per heavy atom. The molecule has 0 bridgehead atoms. The Morgan fingerprint density at radius 2 is 2.40 bits per heavy atom. The van der Waals surface area contributed by atoms with Gasteiger partial charge in [-0.05, 0) is 18.2 Å². The molecule has 0 N–H and O–H groups in total. The van der Waals surface area contributed by atoms with Crippen molar-refractivity contribution in [1.82, 2.24) is 15.1 Å². The highest BCUT2D eigenvalue weighted by Crippen LogP contribution is 2.04. The van der Waals surface area contributed by atoms with Crippen LogP contribution in [0.1, 0.15) is 0 Å². The first-order valence-corrected chi connectivity index (χ1v) is 3.04. The Labute approximate surface area is 58.7 Å². The minimum atomic E-state index is 0.866. The summed E-state index contributed by atoms with van der Waals surface area (Å²) in [6.45, 7) is 0. The molecule has 3 heteroatoms. The Balaban J connectivity index is 2.30. The van der Waals surface area contributed by atoms with Crippen molar-refractivity contribution in [3.05, 3.63) is 36.8 Å². The quantitative estimate of drug-likeness (QED) is 0.556. The summed E-state index contributed by atoms with van der Waals surface area (Å²) in [7, 11) is 0. The maximum atomic E-state index is 4.06. The summed E-state index contributed by atoms with van der Waals surface area (Å²) in [5.74, 6) is 0.866. The van der Waals surface area contributed by atoms with Crippen LogP contribution in [0.2, 0.25) is 0 Å². The topological polar surface area (TPSA) is 31.9 Å². The molecule has 1 aliphatic heterocycles. The largest absolute Gasteiger partial charge is 0.237 e. The first-order chi connectivity index (χ1) is 4.97. The van der Waals surface area contributed by atoms with Crippen LogP contribution in [0.5, 0.6) is 0 Å². The normalized spacial score (nSPS) is 15.0. The van der Waals surface area contributed by atoms with Gasteiger partial charge in [-0.2, -0.15) is 5.10 Å². The van der Waals surface area contributed by atoms with Crippen molar-refractivity contribution in [3.63, 3.8) is 0 Å². The van der Waals surface area contributed by atoms with Gasteiger partial charge in [0, 0.05) is 18.6 Å². The lowest BCUT2D eigenvalue weighted by molar-refractivity contribution is 0.854. The fourth-order valence-corrected chi connectivity index (χ4v) is 0.831. The number of aromatic nitrogens is 2. The van der Waals surface area contributed by atoms with E-state index in [9.17, 15) is 0 Å². The van der Waals surface area contributed by atoms with Crippen LogP contribution in [0.15, 0.2) is 36.8 Å². The molecule has 0 aromatic carbocycles. The van der Waals surface area contributed by atoms with Crippen molar-refractivity contribution in [2.75, 3.05) is 0 Å². The average molecular weight is 132 g/mol. The summed E-state index contributed by atoms with van der Waals surface area (Å²) in [6, 6.07) is 1.87. The van der Waals surface area contributed by atoms with Crippen molar-refractivity contribution in [2.45, 2.75) is 0 Å². The van der Waals surface area contributed by atoms with Crippen molar-refractivity contribution < 1.29 is 0 Å². The molecule has 0 unspecified atom stereocenters. The predicted molar refractivity (Wildman–Crippen MR) is 37.8 cm³/mol. The SMILES string of the molecule is C1=C[N]C(n2cccn2)=C1. The van der Waals surface area contributed by atoms with Crippen LogP contribution in [-0.2, 0) is 0 Å². The zero-order valence-electron chi connectivity index (χ0n) is 5.31. The highest BCUT2D eigenvalue weighted by Gasteiger charge is 2.00. The standard InChI is InChI=1S/C7H6N3/c1-3-7(8-4-1)10-6-2-5-9-10/h1-6H. The first kappa shape index (κ1) is 5.29. The van der Waals surface area contributed by atoms with Gasteiger partial charge in [-0.15, -0.1) is 0 Å². The van der Waals surface area contributed by atoms with Crippen LogP contribution in [0.4, 0.5) is 0 Å². The molecule has 10 heavy (non-hydrogen) atoms. The fraction of sp³-hybridized carbons (Fsp3) is 0. The summed E-state index contributed by atoms with van der Waals surface area (Å²) < 4.78 is 1.72. The second-order valence-electron chi connectivity index (χ2n) is 1.95. The van der Waals surface area contributed by atoms with E-state index in [2.05, 4.69) is 10.4 Å². The smallest absolute Gasteiger partial charge is 0.153 e. The molecule has 0 saturated carbocycles. The van der Waals surface area contributed by atoms with Crippen molar-refractivity contribution in [1.29, 1.82) is 0 Å². The molecular weight excluding hydrogens is 126 g/mol. The number of allylic oxidation sites excluding steroid dienone is 2. The number of hydrogen-bond donors (Lipinski definition) is 0. The van der Waals surface area contributed by atoms with Crippen LogP contribution in [0.25, 0.3) is 5.82 Å². The van der Waals surface area contributed by atoms with Crippen molar-refractivity contribution in [2.24, 2.45) is 0 Å². The summed E-state index contributed by atoms with van der Waals surface area (Å²) >= 11 is 0. The van der Waals surface area contributed by atoms with E-state index in [4.69, 9.17) is 0 Å². The Hall–Kier alpha value is -1.51. The van der Waals surface area contributed by atoms with Crippen molar-refractivity contribution in [3.8, 4) is 0 Å². The van der Waals surface area contributed by atoms with E-state index in [1.54, 1.807) is 17.1 Å². The van der Waals surface area contributed by atoms with Gasteiger partial charge in [0.2, 0.25) is 0 Å². The van der Waals surface area contributed by atoms with Gasteiger partial charge in [0.25, 0.3) is 0 Å². The van der Waals surface area contributed by atoms with Gasteiger partial charge in [-0.3, -0.25) is 0 Å². The minimum absolute atomic E-state index is 0.866. The summed E-state index contributed by atoms with van der Waals surface area (Å²) in [4.78, 5) is 0. The molecule has 0 saturated heterocycles. The summed E-state index contributed by atoms with van der Waals surface area (Å²) in [6.07, 6.45) is 9.14. The molecule has 2 rings (SSSR count). The molecule has 2 heterocycles. The third-order valence-electron chi connectivity index (χ3n) is 1.28. The average Bonchev–Trinajstić information content (AvgIpc) is 2.59. The molecule has 49 valence electrons. The van der Waals surface area contributed by atoms with Gasteiger partial charge < -0.3 is 0 Å². The monoisotopic (exact) mass is 132 g/mol. The first-order valence-electron chi connectivity index (χ1n) is 3.04. The van der Waals surface area contributed by atoms with Crippen LogP contribution in [-0.4, -0.2) is 9.78 Å². The molecule has 1 radical (unpaired) electrons. The molecule has 1 aliphatic rings. The van der Waals surface area contributed by atoms with Crippen LogP contribution < -0.4 is 5.32 Å². The van der Waals surface area contributed by atoms with Crippen LogP contribution in [0, 0.1) is 0 Å². The van der Waals surface area contributed by atoms with E-state index in [1.165, 1.54) is 0 Å². The molecule has 3 nitrogen and oxygen atoms in total. The number of rotatable bonds is 1. The zero-order valence-corrected chi connectivity index (χ0v) is 5.31. The van der Waals surface area contributed by atoms with E-state index in [-0.39, 0.29) is 0 Å². The van der Waals surface area contributed by atoms with Gasteiger partial charge in [0.1, 0.15) is 0 Å². The predicted octanol–water partition coefficient (Wildman–Crippen LogP) is 0.813. The Bertz CT molecular complexity index is 269. The highest BCUT2D eigenvalue weighted by atomic mass is 15.3. The van der Waals surface area contributed by atoms with Gasteiger partial charge in [-0.25, -0.2) is 10.00 Å². The molecule has 0 atom stereocenters. The third-order valence-corrected chi connectivity index (χ3v) is 1.28. The molecule has 0 fully saturated rings. The lowest BCUT2D eigenvalue weighted by Crippen LogP contribution is -2.01. The van der Waals surface area contributed by atoms with Crippen LogP contribution >= 0.6 is 0 Å². The lowest BCUT2D eigenvalue weighted by atomic mass is 10.6. The third kappa shape index (κ3) is 0.719. The zero-order chi connectivity index (χ0) is 6.81. The number of nitrogens with zero attached hydrogens (tertiary/aromatic N) is 3. The van der Waals surface area contributed by atoms with Crippen LogP contribution in [0.3, 0.4) is 0 Å². The van der Waals surface area contributed by atoms with Gasteiger partial charge in [0.15, 0.2) is 5.82 Å². The van der Waals surface area contributed by atoms with Gasteiger partial charge >= 0.3 is 0 Å². The maximum Gasteiger partial charge on any atom is 0.153 e. The maximum absolute atomic E-state index is 4.06.